The van der Waals surface area contributed by atoms with Crippen molar-refractivity contribution in [2.75, 3.05) is 0 Å². The number of carboxylic acids is 1. The van der Waals surface area contributed by atoms with Crippen LogP contribution in [-0.2, 0) is 13.6 Å². The maximum absolute atomic E-state index is 12.6. The van der Waals surface area contributed by atoms with Crippen LogP contribution in [-0.4, -0.2) is 30.2 Å². The summed E-state index contributed by atoms with van der Waals surface area (Å²) >= 11 is 0. The molecule has 0 radical (unpaired) electrons. The third-order valence-electron chi connectivity index (χ3n) is 3.89. The summed E-state index contributed by atoms with van der Waals surface area (Å²) in [5.41, 5.74) is 2.42. The number of imidazole rings is 1. The first-order chi connectivity index (χ1) is 11.7. The monoisotopic (exact) mass is 340 g/mol. The Labute approximate surface area is 144 Å². The maximum atomic E-state index is 12.6. The summed E-state index contributed by atoms with van der Waals surface area (Å²) in [4.78, 5) is 32.2. The summed E-state index contributed by atoms with van der Waals surface area (Å²) in [6.07, 6.45) is 2.85. The number of aryl methyl sites for hydroxylation is 1. The van der Waals surface area contributed by atoms with Gasteiger partial charge in [-0.15, -0.1) is 0 Å². The number of rotatable bonds is 3. The van der Waals surface area contributed by atoms with Crippen LogP contribution in [0.2, 0.25) is 0 Å². The van der Waals surface area contributed by atoms with E-state index < -0.39 is 5.97 Å². The second-order valence-electron chi connectivity index (χ2n) is 7.30. The first-order valence-electron chi connectivity index (χ1n) is 7.92. The molecular formula is C18H20N4O3. The van der Waals surface area contributed by atoms with Gasteiger partial charge in [0.15, 0.2) is 5.65 Å². The smallest absolute Gasteiger partial charge is 0.337 e. The fraction of sp³-hybridized carbons (Fsp3) is 0.333. The number of fused-ring (bicyclic) bond motifs is 1. The average molecular weight is 340 g/mol. The SMILES string of the molecule is Cn1c(=O)n(CC(C)(C)C)c2ccc(-c3cncc(C(=O)O)c3)nc21. The van der Waals surface area contributed by atoms with Crippen molar-refractivity contribution in [3.63, 3.8) is 0 Å². The van der Waals surface area contributed by atoms with Crippen molar-refractivity contribution in [2.45, 2.75) is 27.3 Å². The summed E-state index contributed by atoms with van der Waals surface area (Å²) in [6, 6.07) is 5.15. The third kappa shape index (κ3) is 3.17. The molecule has 0 unspecified atom stereocenters. The zero-order valence-electron chi connectivity index (χ0n) is 14.6. The van der Waals surface area contributed by atoms with Crippen molar-refractivity contribution >= 4 is 17.1 Å². The standard InChI is InChI=1S/C18H20N4O3/c1-18(2,3)10-22-14-6-5-13(20-15(14)21(4)17(22)25)11-7-12(16(23)24)9-19-8-11/h5-9H,10H2,1-4H3,(H,23,24). The Kier molecular flexibility index (Phi) is 3.94. The summed E-state index contributed by atoms with van der Waals surface area (Å²) in [7, 11) is 1.69. The predicted molar refractivity (Wildman–Crippen MR) is 94.6 cm³/mol. The molecule has 25 heavy (non-hydrogen) atoms. The molecule has 0 atom stereocenters. The summed E-state index contributed by atoms with van der Waals surface area (Å²) in [5, 5.41) is 9.11. The summed E-state index contributed by atoms with van der Waals surface area (Å²) in [5.74, 6) is -1.04. The Hall–Kier alpha value is -2.96. The van der Waals surface area contributed by atoms with Crippen LogP contribution >= 0.6 is 0 Å². The van der Waals surface area contributed by atoms with Gasteiger partial charge in [0.05, 0.1) is 16.8 Å². The Morgan fingerprint density at radius 1 is 1.24 bits per heavy atom. The van der Waals surface area contributed by atoms with Crippen LogP contribution < -0.4 is 5.69 Å². The topological polar surface area (TPSA) is 90.0 Å². The van der Waals surface area contributed by atoms with Crippen LogP contribution in [0, 0.1) is 5.41 Å². The molecule has 3 aromatic heterocycles. The Balaban J connectivity index is 2.16. The Morgan fingerprint density at radius 2 is 1.96 bits per heavy atom. The van der Waals surface area contributed by atoms with Gasteiger partial charge in [0, 0.05) is 31.5 Å². The van der Waals surface area contributed by atoms with E-state index in [-0.39, 0.29) is 16.7 Å². The zero-order chi connectivity index (χ0) is 18.4. The van der Waals surface area contributed by atoms with E-state index in [1.807, 2.05) is 6.07 Å². The Morgan fingerprint density at radius 3 is 2.60 bits per heavy atom. The number of carbonyl (C=O) groups is 1. The van der Waals surface area contributed by atoms with E-state index in [1.54, 1.807) is 23.9 Å². The van der Waals surface area contributed by atoms with Gasteiger partial charge in [-0.1, -0.05) is 20.8 Å². The second-order valence-corrected chi connectivity index (χ2v) is 7.30. The minimum atomic E-state index is -1.04. The fourth-order valence-corrected chi connectivity index (χ4v) is 2.76. The van der Waals surface area contributed by atoms with Gasteiger partial charge in [-0.25, -0.2) is 14.6 Å². The molecule has 7 nitrogen and oxygen atoms in total. The fourth-order valence-electron chi connectivity index (χ4n) is 2.76. The van der Waals surface area contributed by atoms with Gasteiger partial charge in [-0.05, 0) is 23.6 Å². The van der Waals surface area contributed by atoms with E-state index in [0.29, 0.717) is 23.4 Å². The molecule has 0 aliphatic carbocycles. The first kappa shape index (κ1) is 16.9. The third-order valence-corrected chi connectivity index (χ3v) is 3.89. The molecule has 0 saturated carbocycles. The highest BCUT2D eigenvalue weighted by Crippen LogP contribution is 2.23. The minimum absolute atomic E-state index is 0.0451. The van der Waals surface area contributed by atoms with E-state index in [9.17, 15) is 9.59 Å². The van der Waals surface area contributed by atoms with E-state index in [2.05, 4.69) is 30.7 Å². The van der Waals surface area contributed by atoms with E-state index in [1.165, 1.54) is 16.8 Å². The zero-order valence-corrected chi connectivity index (χ0v) is 14.6. The average Bonchev–Trinajstić information content (AvgIpc) is 2.78. The van der Waals surface area contributed by atoms with Gasteiger partial charge in [-0.2, -0.15) is 0 Å². The lowest BCUT2D eigenvalue weighted by molar-refractivity contribution is 0.0696. The Bertz CT molecular complexity index is 1020. The molecule has 0 aliphatic heterocycles. The summed E-state index contributed by atoms with van der Waals surface area (Å²) in [6.45, 7) is 6.80. The molecule has 1 N–H and O–H groups in total. The maximum Gasteiger partial charge on any atom is 0.337 e. The molecular weight excluding hydrogens is 320 g/mol. The molecule has 3 aromatic rings. The van der Waals surface area contributed by atoms with Crippen LogP contribution in [0.25, 0.3) is 22.4 Å². The van der Waals surface area contributed by atoms with Gasteiger partial charge < -0.3 is 5.11 Å². The molecule has 0 aliphatic rings. The van der Waals surface area contributed by atoms with Crippen molar-refractivity contribution < 1.29 is 9.90 Å². The lowest BCUT2D eigenvalue weighted by Crippen LogP contribution is -2.27. The van der Waals surface area contributed by atoms with E-state index >= 15 is 0 Å². The molecule has 0 saturated heterocycles. The number of hydrogen-bond acceptors (Lipinski definition) is 4. The van der Waals surface area contributed by atoms with Gasteiger partial charge in [0.2, 0.25) is 0 Å². The quantitative estimate of drug-likeness (QED) is 0.791. The molecule has 0 bridgehead atoms. The normalized spacial score (nSPS) is 11.8. The highest BCUT2D eigenvalue weighted by molar-refractivity contribution is 5.89. The van der Waals surface area contributed by atoms with Crippen LogP contribution in [0.5, 0.6) is 0 Å². The van der Waals surface area contributed by atoms with Crippen molar-refractivity contribution in [1.82, 2.24) is 19.1 Å². The van der Waals surface area contributed by atoms with Crippen LogP contribution in [0.1, 0.15) is 31.1 Å². The van der Waals surface area contributed by atoms with E-state index in [4.69, 9.17) is 5.11 Å². The molecule has 3 heterocycles. The van der Waals surface area contributed by atoms with Gasteiger partial charge in [-0.3, -0.25) is 14.1 Å². The number of aromatic carboxylic acids is 1. The highest BCUT2D eigenvalue weighted by atomic mass is 16.4. The van der Waals surface area contributed by atoms with Gasteiger partial charge >= 0.3 is 11.7 Å². The van der Waals surface area contributed by atoms with Crippen LogP contribution in [0.15, 0.2) is 35.4 Å². The molecule has 130 valence electrons. The molecule has 7 heteroatoms. The van der Waals surface area contributed by atoms with Crippen molar-refractivity contribution in [2.24, 2.45) is 12.5 Å². The molecule has 0 amide bonds. The van der Waals surface area contributed by atoms with E-state index in [0.717, 1.165) is 5.52 Å². The predicted octanol–water partition coefficient (Wildman–Crippen LogP) is 2.54. The summed E-state index contributed by atoms with van der Waals surface area (Å²) < 4.78 is 3.23. The molecule has 0 aromatic carbocycles. The van der Waals surface area contributed by atoms with Gasteiger partial charge in [0.1, 0.15) is 0 Å². The number of pyridine rings is 2. The molecule has 0 fully saturated rings. The lowest BCUT2D eigenvalue weighted by atomic mass is 9.97. The largest absolute Gasteiger partial charge is 0.478 e. The van der Waals surface area contributed by atoms with Crippen molar-refractivity contribution in [3.8, 4) is 11.3 Å². The number of nitrogens with zero attached hydrogens (tertiary/aromatic N) is 4. The number of hydrogen-bond donors (Lipinski definition) is 1. The molecule has 0 spiro atoms. The van der Waals surface area contributed by atoms with Crippen molar-refractivity contribution in [1.29, 1.82) is 0 Å². The van der Waals surface area contributed by atoms with Crippen LogP contribution in [0.3, 0.4) is 0 Å². The van der Waals surface area contributed by atoms with Crippen LogP contribution in [0.4, 0.5) is 0 Å². The number of aromatic nitrogens is 4. The second kappa shape index (κ2) is 5.84. The lowest BCUT2D eigenvalue weighted by Gasteiger charge is -2.18. The van der Waals surface area contributed by atoms with Gasteiger partial charge in [0.25, 0.3) is 0 Å². The number of carboxylic acid groups (broad SMARTS) is 1. The minimum Gasteiger partial charge on any atom is -0.478 e. The first-order valence-corrected chi connectivity index (χ1v) is 7.92. The van der Waals surface area contributed by atoms with Crippen molar-refractivity contribution in [3.05, 3.63) is 46.6 Å². The highest BCUT2D eigenvalue weighted by Gasteiger charge is 2.19. The molecule has 3 rings (SSSR count).